The zero-order valence-corrected chi connectivity index (χ0v) is 8.49. The number of hydrogen-bond donors (Lipinski definition) is 3. The molecule has 5 nitrogen and oxygen atoms in total. The van der Waals surface area contributed by atoms with Crippen LogP contribution in [0.25, 0.3) is 0 Å². The van der Waals surface area contributed by atoms with E-state index in [1.54, 1.807) is 6.20 Å². The summed E-state index contributed by atoms with van der Waals surface area (Å²) in [5.74, 6) is 0. The van der Waals surface area contributed by atoms with Gasteiger partial charge in [-0.15, -0.1) is 0 Å². The van der Waals surface area contributed by atoms with Gasteiger partial charge in [0.2, 0.25) is 0 Å². The fourth-order valence-electron chi connectivity index (χ4n) is 2.13. The monoisotopic (exact) mass is 209 g/mol. The molecule has 0 bridgehead atoms. The molecule has 0 saturated heterocycles. The second kappa shape index (κ2) is 4.02. The van der Waals surface area contributed by atoms with E-state index >= 15 is 0 Å². The molecule has 1 aliphatic rings. The van der Waals surface area contributed by atoms with Crippen molar-refractivity contribution in [1.29, 1.82) is 0 Å². The van der Waals surface area contributed by atoms with Crippen molar-refractivity contribution in [3.63, 3.8) is 0 Å². The fraction of sp³-hybridized carbons (Fsp3) is 0.600. The average molecular weight is 209 g/mol. The van der Waals surface area contributed by atoms with E-state index in [9.17, 15) is 9.90 Å². The van der Waals surface area contributed by atoms with E-state index in [2.05, 4.69) is 15.5 Å². The number of rotatable bonds is 3. The van der Waals surface area contributed by atoms with Crippen LogP contribution in [0, 0.1) is 0 Å². The molecule has 0 atom stereocenters. The van der Waals surface area contributed by atoms with Crippen molar-refractivity contribution in [1.82, 2.24) is 10.2 Å². The maximum atomic E-state index is 11.0. The van der Waals surface area contributed by atoms with Crippen LogP contribution in [-0.2, 0) is 0 Å². The number of hydrogen-bond acceptors (Lipinski definition) is 4. The van der Waals surface area contributed by atoms with Gasteiger partial charge in [-0.25, -0.2) is 5.10 Å². The minimum absolute atomic E-state index is 0.0970. The highest BCUT2D eigenvalue weighted by atomic mass is 16.3. The van der Waals surface area contributed by atoms with Crippen molar-refractivity contribution in [2.24, 2.45) is 0 Å². The van der Waals surface area contributed by atoms with Crippen molar-refractivity contribution < 1.29 is 5.11 Å². The van der Waals surface area contributed by atoms with Crippen LogP contribution in [0.5, 0.6) is 0 Å². The third-order valence-electron chi connectivity index (χ3n) is 2.94. The van der Waals surface area contributed by atoms with Gasteiger partial charge in [-0.2, -0.15) is 5.10 Å². The van der Waals surface area contributed by atoms with Crippen LogP contribution in [0.15, 0.2) is 17.1 Å². The van der Waals surface area contributed by atoms with Gasteiger partial charge in [-0.3, -0.25) is 4.79 Å². The Hall–Kier alpha value is -1.36. The summed E-state index contributed by atoms with van der Waals surface area (Å²) >= 11 is 0. The lowest BCUT2D eigenvalue weighted by molar-refractivity contribution is 0.214. The quantitative estimate of drug-likeness (QED) is 0.677. The van der Waals surface area contributed by atoms with Crippen molar-refractivity contribution in [3.8, 4) is 0 Å². The van der Waals surface area contributed by atoms with Crippen molar-refractivity contribution >= 4 is 5.69 Å². The van der Waals surface area contributed by atoms with Crippen LogP contribution in [0.3, 0.4) is 0 Å². The van der Waals surface area contributed by atoms with Crippen LogP contribution in [0.2, 0.25) is 0 Å². The Morgan fingerprint density at radius 3 is 2.87 bits per heavy atom. The Morgan fingerprint density at radius 1 is 1.53 bits per heavy atom. The third kappa shape index (κ3) is 2.18. The number of nitrogens with one attached hydrogen (secondary N) is 2. The Kier molecular flexibility index (Phi) is 2.73. The van der Waals surface area contributed by atoms with Crippen LogP contribution in [-0.4, -0.2) is 27.4 Å². The average Bonchev–Trinajstić information content (AvgIpc) is 2.67. The normalized spacial score (nSPS) is 19.0. The molecular formula is C10H15N3O2. The molecule has 1 aromatic heterocycles. The molecule has 82 valence electrons. The van der Waals surface area contributed by atoms with E-state index in [-0.39, 0.29) is 17.7 Å². The van der Waals surface area contributed by atoms with Gasteiger partial charge < -0.3 is 10.4 Å². The SMILES string of the molecule is O=c1cc(NC2(CO)CCCC2)cn[nH]1. The molecule has 2 rings (SSSR count). The van der Waals surface area contributed by atoms with E-state index in [1.807, 2.05) is 0 Å². The lowest BCUT2D eigenvalue weighted by Gasteiger charge is -2.28. The first kappa shape index (κ1) is 10.2. The lowest BCUT2D eigenvalue weighted by Crippen LogP contribution is -2.39. The van der Waals surface area contributed by atoms with Crippen molar-refractivity contribution in [2.45, 2.75) is 31.2 Å². The number of nitrogens with zero attached hydrogens (tertiary/aromatic N) is 1. The van der Waals surface area contributed by atoms with Gasteiger partial charge in [0.1, 0.15) is 0 Å². The fourth-order valence-corrected chi connectivity index (χ4v) is 2.13. The van der Waals surface area contributed by atoms with E-state index in [1.165, 1.54) is 6.07 Å². The summed E-state index contributed by atoms with van der Waals surface area (Å²) in [6.45, 7) is 0.0970. The van der Waals surface area contributed by atoms with Crippen LogP contribution in [0.1, 0.15) is 25.7 Å². The molecule has 1 aromatic rings. The summed E-state index contributed by atoms with van der Waals surface area (Å²) in [5, 5.41) is 18.6. The molecule has 1 saturated carbocycles. The van der Waals surface area contributed by atoms with Crippen molar-refractivity contribution in [2.75, 3.05) is 11.9 Å². The molecule has 3 N–H and O–H groups in total. The zero-order chi connectivity index (χ0) is 10.7. The lowest BCUT2D eigenvalue weighted by atomic mass is 9.99. The number of aromatic nitrogens is 2. The zero-order valence-electron chi connectivity index (χ0n) is 8.49. The van der Waals surface area contributed by atoms with Gasteiger partial charge in [0.05, 0.1) is 24.0 Å². The maximum Gasteiger partial charge on any atom is 0.266 e. The van der Waals surface area contributed by atoms with Crippen LogP contribution >= 0.6 is 0 Å². The topological polar surface area (TPSA) is 78.0 Å². The smallest absolute Gasteiger partial charge is 0.266 e. The molecule has 0 spiro atoms. The molecule has 1 aliphatic carbocycles. The second-order valence-corrected chi connectivity index (χ2v) is 4.10. The molecule has 0 radical (unpaired) electrons. The van der Waals surface area contributed by atoms with Gasteiger partial charge >= 0.3 is 0 Å². The molecule has 1 fully saturated rings. The first-order chi connectivity index (χ1) is 7.24. The summed E-state index contributed by atoms with van der Waals surface area (Å²) in [4.78, 5) is 11.0. The number of anilines is 1. The summed E-state index contributed by atoms with van der Waals surface area (Å²) in [6.07, 6.45) is 5.68. The molecule has 0 aromatic carbocycles. The van der Waals surface area contributed by atoms with Gasteiger partial charge in [-0.1, -0.05) is 12.8 Å². The third-order valence-corrected chi connectivity index (χ3v) is 2.94. The van der Waals surface area contributed by atoms with Gasteiger partial charge in [0.15, 0.2) is 0 Å². The molecule has 0 unspecified atom stereocenters. The Bertz CT molecular complexity index is 382. The van der Waals surface area contributed by atoms with Gasteiger partial charge in [-0.05, 0) is 12.8 Å². The summed E-state index contributed by atoms with van der Waals surface area (Å²) in [5.41, 5.74) is 0.191. The standard InChI is InChI=1S/C10H15N3O2/c14-7-10(3-1-2-4-10)12-8-5-9(15)13-11-6-8/h5-6,14H,1-4,7H2,(H2,12,13,15). The first-order valence-corrected chi connectivity index (χ1v) is 5.18. The number of aromatic amines is 1. The Balaban J connectivity index is 2.16. The van der Waals surface area contributed by atoms with Gasteiger partial charge in [0, 0.05) is 6.07 Å². The van der Waals surface area contributed by atoms with Gasteiger partial charge in [0.25, 0.3) is 5.56 Å². The molecule has 0 aliphatic heterocycles. The number of aliphatic hydroxyl groups excluding tert-OH is 1. The van der Waals surface area contributed by atoms with Crippen molar-refractivity contribution in [3.05, 3.63) is 22.6 Å². The van der Waals surface area contributed by atoms with Crippen LogP contribution in [0.4, 0.5) is 5.69 Å². The Labute approximate surface area is 87.5 Å². The summed E-state index contributed by atoms with van der Waals surface area (Å²) in [6, 6.07) is 1.46. The second-order valence-electron chi connectivity index (χ2n) is 4.10. The summed E-state index contributed by atoms with van der Waals surface area (Å²) < 4.78 is 0. The van der Waals surface area contributed by atoms with E-state index in [4.69, 9.17) is 0 Å². The molecular weight excluding hydrogens is 194 g/mol. The largest absolute Gasteiger partial charge is 0.394 e. The molecule has 1 heterocycles. The Morgan fingerprint density at radius 2 is 2.27 bits per heavy atom. The highest BCUT2D eigenvalue weighted by molar-refractivity contribution is 5.42. The maximum absolute atomic E-state index is 11.0. The molecule has 0 amide bonds. The van der Waals surface area contributed by atoms with E-state index in [0.717, 1.165) is 25.7 Å². The van der Waals surface area contributed by atoms with E-state index in [0.29, 0.717) is 5.69 Å². The molecule has 5 heteroatoms. The van der Waals surface area contributed by atoms with Crippen LogP contribution < -0.4 is 10.9 Å². The number of aliphatic hydroxyl groups is 1. The predicted molar refractivity (Wildman–Crippen MR) is 56.8 cm³/mol. The highest BCUT2D eigenvalue weighted by Crippen LogP contribution is 2.32. The number of H-pyrrole nitrogens is 1. The minimum atomic E-state index is -0.254. The highest BCUT2D eigenvalue weighted by Gasteiger charge is 2.32. The molecule has 15 heavy (non-hydrogen) atoms. The van der Waals surface area contributed by atoms with E-state index < -0.39 is 0 Å². The summed E-state index contributed by atoms with van der Waals surface area (Å²) in [7, 11) is 0. The predicted octanol–water partition coefficient (Wildman–Crippen LogP) is 0.487. The first-order valence-electron chi connectivity index (χ1n) is 5.18. The minimum Gasteiger partial charge on any atom is -0.394 e.